The molecule has 0 atom stereocenters. The Kier molecular flexibility index (Phi) is 1.56. The van der Waals surface area contributed by atoms with Gasteiger partial charge in [0.1, 0.15) is 0 Å². The Bertz CT molecular complexity index is 131. The molecule has 0 heteroatoms. The Hall–Kier alpha value is 0. The van der Waals surface area contributed by atoms with Crippen molar-refractivity contribution in [2.24, 2.45) is 35.5 Å². The summed E-state index contributed by atoms with van der Waals surface area (Å²) in [6, 6.07) is 0. The van der Waals surface area contributed by atoms with Crippen LogP contribution < -0.4 is 0 Å². The first-order valence-electron chi connectivity index (χ1n) is 5.13. The van der Waals surface area contributed by atoms with Crippen molar-refractivity contribution in [3.63, 3.8) is 0 Å². The molecule has 0 spiro atoms. The van der Waals surface area contributed by atoms with Gasteiger partial charge in [-0.25, -0.2) is 0 Å². The van der Waals surface area contributed by atoms with Gasteiger partial charge in [0, 0.05) is 0 Å². The molecule has 0 aromatic rings. The average Bonchev–Trinajstić information content (AvgIpc) is 1.49. The fraction of sp³-hybridized carbons (Fsp3) is 1.00. The van der Waals surface area contributed by atoms with Crippen molar-refractivity contribution in [1.29, 1.82) is 0 Å². The predicted molar refractivity (Wildman–Crippen MR) is 48.3 cm³/mol. The van der Waals surface area contributed by atoms with E-state index in [0.717, 1.165) is 35.5 Å². The summed E-state index contributed by atoms with van der Waals surface area (Å²) in [5.74, 6) is 6.38. The van der Waals surface area contributed by atoms with E-state index < -0.39 is 0 Å². The fourth-order valence-electron chi connectivity index (χ4n) is 3.53. The fourth-order valence-corrected chi connectivity index (χ4v) is 3.53. The van der Waals surface area contributed by atoms with Crippen molar-refractivity contribution in [2.75, 3.05) is 0 Å². The van der Waals surface area contributed by atoms with E-state index in [9.17, 15) is 0 Å². The van der Waals surface area contributed by atoms with Gasteiger partial charge in [0.25, 0.3) is 0 Å². The summed E-state index contributed by atoms with van der Waals surface area (Å²) >= 11 is 0. The van der Waals surface area contributed by atoms with E-state index in [0.29, 0.717) is 0 Å². The second kappa shape index (κ2) is 2.24. The molecule has 11 heavy (non-hydrogen) atoms. The molecule has 0 heterocycles. The Labute approximate surface area is 70.4 Å². The molecule has 3 aliphatic carbocycles. The molecule has 3 rings (SSSR count). The molecule has 64 valence electrons. The van der Waals surface area contributed by atoms with Crippen LogP contribution in [0, 0.1) is 35.5 Å². The van der Waals surface area contributed by atoms with E-state index in [2.05, 4.69) is 27.7 Å². The molecule has 0 nitrogen and oxygen atoms in total. The van der Waals surface area contributed by atoms with E-state index in [1.54, 1.807) is 6.42 Å². The minimum Gasteiger partial charge on any atom is -0.0625 e. The van der Waals surface area contributed by atoms with Crippen LogP contribution in [0.2, 0.25) is 0 Å². The molecule has 0 saturated heterocycles. The first-order chi connectivity index (χ1) is 5.13. The van der Waals surface area contributed by atoms with Crippen LogP contribution in [0.25, 0.3) is 0 Å². The summed E-state index contributed by atoms with van der Waals surface area (Å²) in [6.45, 7) is 9.56. The van der Waals surface area contributed by atoms with E-state index in [1.807, 2.05) is 0 Å². The maximum absolute atomic E-state index is 2.39. The molecule has 3 aliphatic rings. The van der Waals surface area contributed by atoms with Crippen LogP contribution in [0.4, 0.5) is 0 Å². The van der Waals surface area contributed by atoms with Crippen molar-refractivity contribution < 1.29 is 0 Å². The summed E-state index contributed by atoms with van der Waals surface area (Å²) < 4.78 is 0. The SMILES string of the molecule is CC(C)C1C2CC1C2C(C)C. The second-order valence-corrected chi connectivity index (χ2v) is 5.21. The molecule has 0 amide bonds. The topological polar surface area (TPSA) is 0 Å². The lowest BCUT2D eigenvalue weighted by atomic mass is 9.37. The third kappa shape index (κ3) is 0.816. The van der Waals surface area contributed by atoms with Crippen LogP contribution >= 0.6 is 0 Å². The third-order valence-corrected chi connectivity index (χ3v) is 4.06. The van der Waals surface area contributed by atoms with Crippen LogP contribution in [0.15, 0.2) is 0 Å². The minimum atomic E-state index is 0.953. The van der Waals surface area contributed by atoms with Gasteiger partial charge in [-0.15, -0.1) is 0 Å². The lowest BCUT2D eigenvalue weighted by molar-refractivity contribution is -0.201. The molecule has 0 aromatic heterocycles. The highest BCUT2D eigenvalue weighted by Crippen LogP contribution is 2.67. The van der Waals surface area contributed by atoms with Crippen molar-refractivity contribution in [2.45, 2.75) is 34.1 Å². The minimum absolute atomic E-state index is 0.953. The monoisotopic (exact) mass is 152 g/mol. The zero-order valence-electron chi connectivity index (χ0n) is 8.17. The van der Waals surface area contributed by atoms with Crippen molar-refractivity contribution in [3.05, 3.63) is 0 Å². The van der Waals surface area contributed by atoms with Crippen molar-refractivity contribution in [1.82, 2.24) is 0 Å². The van der Waals surface area contributed by atoms with Gasteiger partial charge < -0.3 is 0 Å². The summed E-state index contributed by atoms with van der Waals surface area (Å²) in [5.41, 5.74) is 0. The highest BCUT2D eigenvalue weighted by molar-refractivity contribution is 5.09. The zero-order valence-corrected chi connectivity index (χ0v) is 8.17. The van der Waals surface area contributed by atoms with Gasteiger partial charge in [0.15, 0.2) is 0 Å². The smallest absolute Gasteiger partial charge is 0.0328 e. The number of hydrogen-bond donors (Lipinski definition) is 0. The Morgan fingerprint density at radius 3 is 1.36 bits per heavy atom. The summed E-state index contributed by atoms with van der Waals surface area (Å²) in [6.07, 6.45) is 1.56. The highest BCUT2D eigenvalue weighted by atomic mass is 14.7. The van der Waals surface area contributed by atoms with Gasteiger partial charge in [0.05, 0.1) is 0 Å². The highest BCUT2D eigenvalue weighted by Gasteiger charge is 2.61. The predicted octanol–water partition coefficient (Wildman–Crippen LogP) is 3.18. The largest absolute Gasteiger partial charge is 0.0625 e. The molecule has 0 aliphatic heterocycles. The molecule has 3 saturated carbocycles. The summed E-state index contributed by atoms with van der Waals surface area (Å²) in [4.78, 5) is 0. The normalized spacial score (nSPS) is 47.5. The molecule has 0 radical (unpaired) electrons. The first kappa shape index (κ1) is 7.64. The molecular formula is C11H20. The maximum Gasteiger partial charge on any atom is -0.0328 e. The number of rotatable bonds is 2. The second-order valence-electron chi connectivity index (χ2n) is 5.21. The third-order valence-electron chi connectivity index (χ3n) is 4.06. The summed E-state index contributed by atoms with van der Waals surface area (Å²) in [7, 11) is 0. The first-order valence-corrected chi connectivity index (χ1v) is 5.13. The Morgan fingerprint density at radius 1 is 0.818 bits per heavy atom. The van der Waals surface area contributed by atoms with Gasteiger partial charge in [-0.1, -0.05) is 27.7 Å². The molecule has 0 N–H and O–H groups in total. The molecule has 0 unspecified atom stereocenters. The van der Waals surface area contributed by atoms with Gasteiger partial charge >= 0.3 is 0 Å². The standard InChI is InChI=1S/C11H20/c1-6(2)10-8-5-9(10)11(8)7(3)4/h6-11H,5H2,1-4H3. The van der Waals surface area contributed by atoms with Crippen molar-refractivity contribution in [3.8, 4) is 0 Å². The molecule has 3 fully saturated rings. The lowest BCUT2D eigenvalue weighted by Crippen LogP contribution is -2.62. The van der Waals surface area contributed by atoms with E-state index in [4.69, 9.17) is 0 Å². The van der Waals surface area contributed by atoms with Gasteiger partial charge in [-0.3, -0.25) is 0 Å². The van der Waals surface area contributed by atoms with E-state index >= 15 is 0 Å². The van der Waals surface area contributed by atoms with Crippen LogP contribution in [-0.4, -0.2) is 0 Å². The number of hydrogen-bond acceptors (Lipinski definition) is 0. The summed E-state index contributed by atoms with van der Waals surface area (Å²) in [5, 5.41) is 0. The maximum atomic E-state index is 2.39. The Balaban J connectivity index is 1.92. The van der Waals surface area contributed by atoms with Gasteiger partial charge in [-0.2, -0.15) is 0 Å². The van der Waals surface area contributed by atoms with Crippen LogP contribution in [0.3, 0.4) is 0 Å². The van der Waals surface area contributed by atoms with Crippen LogP contribution in [0.5, 0.6) is 0 Å². The van der Waals surface area contributed by atoms with E-state index in [-0.39, 0.29) is 0 Å². The lowest BCUT2D eigenvalue weighted by Gasteiger charge is -2.68. The quantitative estimate of drug-likeness (QED) is 0.570. The van der Waals surface area contributed by atoms with Crippen molar-refractivity contribution >= 4 is 0 Å². The van der Waals surface area contributed by atoms with Gasteiger partial charge in [0.2, 0.25) is 0 Å². The van der Waals surface area contributed by atoms with E-state index in [1.165, 1.54) is 0 Å². The van der Waals surface area contributed by atoms with Crippen LogP contribution in [-0.2, 0) is 0 Å². The Morgan fingerprint density at radius 2 is 1.18 bits per heavy atom. The average molecular weight is 152 g/mol. The van der Waals surface area contributed by atoms with Crippen LogP contribution in [0.1, 0.15) is 34.1 Å². The van der Waals surface area contributed by atoms with Gasteiger partial charge in [-0.05, 0) is 41.9 Å². The molecule has 0 aromatic carbocycles. The molecule has 2 bridgehead atoms. The molecular weight excluding hydrogens is 132 g/mol. The zero-order chi connectivity index (χ0) is 8.17.